The Morgan fingerprint density at radius 2 is 1.65 bits per heavy atom. The first-order chi connectivity index (χ1) is 8.43. The maximum atomic E-state index is 2.32. The molecule has 0 heterocycles. The Morgan fingerprint density at radius 3 is 2.53 bits per heavy atom. The van der Waals surface area contributed by atoms with Crippen LogP contribution in [0, 0.1) is 0 Å². The minimum absolute atomic E-state index is 0.724. The molecule has 0 heteroatoms. The van der Waals surface area contributed by atoms with Crippen molar-refractivity contribution in [3.05, 3.63) is 71.3 Å². The van der Waals surface area contributed by atoms with Gasteiger partial charge in [0.2, 0.25) is 0 Å². The van der Waals surface area contributed by atoms with Crippen molar-refractivity contribution in [1.82, 2.24) is 0 Å². The SMILES string of the molecule is c1ccc(CC2CCCc3ccccc32)cc1. The lowest BCUT2D eigenvalue weighted by Crippen LogP contribution is -2.11. The lowest BCUT2D eigenvalue weighted by atomic mass is 9.80. The van der Waals surface area contributed by atoms with Crippen LogP contribution in [0.3, 0.4) is 0 Å². The average Bonchev–Trinajstić information content (AvgIpc) is 2.40. The van der Waals surface area contributed by atoms with Crippen molar-refractivity contribution in [2.45, 2.75) is 31.6 Å². The van der Waals surface area contributed by atoms with E-state index in [1.54, 1.807) is 11.1 Å². The van der Waals surface area contributed by atoms with Crippen molar-refractivity contribution in [3.8, 4) is 0 Å². The van der Waals surface area contributed by atoms with Gasteiger partial charge in [-0.1, -0.05) is 54.6 Å². The van der Waals surface area contributed by atoms with Crippen molar-refractivity contribution >= 4 is 0 Å². The quantitative estimate of drug-likeness (QED) is 0.708. The first-order valence-corrected chi connectivity index (χ1v) is 6.55. The highest BCUT2D eigenvalue weighted by atomic mass is 14.2. The highest BCUT2D eigenvalue weighted by molar-refractivity contribution is 5.34. The molecular weight excluding hydrogens is 204 g/mol. The van der Waals surface area contributed by atoms with Gasteiger partial charge in [0.25, 0.3) is 0 Å². The zero-order valence-corrected chi connectivity index (χ0v) is 10.1. The Bertz CT molecular complexity index is 484. The smallest absolute Gasteiger partial charge is 0.0119 e. The summed E-state index contributed by atoms with van der Waals surface area (Å²) in [6.45, 7) is 0. The largest absolute Gasteiger partial charge is 0.0622 e. The van der Waals surface area contributed by atoms with Crippen molar-refractivity contribution in [3.63, 3.8) is 0 Å². The summed E-state index contributed by atoms with van der Waals surface area (Å²) < 4.78 is 0. The lowest BCUT2D eigenvalue weighted by Gasteiger charge is -2.25. The molecule has 2 aromatic carbocycles. The summed E-state index contributed by atoms with van der Waals surface area (Å²) in [7, 11) is 0. The highest BCUT2D eigenvalue weighted by Gasteiger charge is 2.19. The van der Waals surface area contributed by atoms with Crippen LogP contribution in [0.4, 0.5) is 0 Å². The van der Waals surface area contributed by atoms with Gasteiger partial charge in [-0.3, -0.25) is 0 Å². The summed E-state index contributed by atoms with van der Waals surface area (Å²) in [5, 5.41) is 0. The maximum Gasteiger partial charge on any atom is -0.0119 e. The second-order valence-electron chi connectivity index (χ2n) is 4.98. The molecule has 0 bridgehead atoms. The van der Waals surface area contributed by atoms with Crippen LogP contribution < -0.4 is 0 Å². The molecule has 0 N–H and O–H groups in total. The molecule has 1 unspecified atom stereocenters. The number of aryl methyl sites for hydroxylation is 1. The molecule has 1 aliphatic carbocycles. The number of hydrogen-bond donors (Lipinski definition) is 0. The van der Waals surface area contributed by atoms with Gasteiger partial charge in [0, 0.05) is 0 Å². The summed E-state index contributed by atoms with van der Waals surface area (Å²) in [6.07, 6.45) is 5.14. The van der Waals surface area contributed by atoms with Gasteiger partial charge in [0.15, 0.2) is 0 Å². The van der Waals surface area contributed by atoms with Gasteiger partial charge < -0.3 is 0 Å². The Kier molecular flexibility index (Phi) is 2.96. The maximum absolute atomic E-state index is 2.32. The van der Waals surface area contributed by atoms with Crippen LogP contribution in [-0.4, -0.2) is 0 Å². The molecular formula is C17H18. The van der Waals surface area contributed by atoms with E-state index in [1.807, 2.05) is 0 Å². The van der Waals surface area contributed by atoms with E-state index in [0.29, 0.717) is 0 Å². The van der Waals surface area contributed by atoms with Crippen molar-refractivity contribution in [2.75, 3.05) is 0 Å². The van der Waals surface area contributed by atoms with E-state index in [1.165, 1.54) is 31.2 Å². The minimum Gasteiger partial charge on any atom is -0.0622 e. The summed E-state index contributed by atoms with van der Waals surface area (Å²) in [5.74, 6) is 0.724. The molecule has 0 saturated carbocycles. The average molecular weight is 222 g/mol. The zero-order chi connectivity index (χ0) is 11.5. The molecule has 3 rings (SSSR count). The van der Waals surface area contributed by atoms with Crippen molar-refractivity contribution in [2.24, 2.45) is 0 Å². The fraction of sp³-hybridized carbons (Fsp3) is 0.294. The molecule has 0 radical (unpaired) electrons. The van der Waals surface area contributed by atoms with Gasteiger partial charge in [-0.25, -0.2) is 0 Å². The highest BCUT2D eigenvalue weighted by Crippen LogP contribution is 2.33. The van der Waals surface area contributed by atoms with Crippen molar-refractivity contribution < 1.29 is 0 Å². The molecule has 17 heavy (non-hydrogen) atoms. The van der Waals surface area contributed by atoms with E-state index in [0.717, 1.165) is 5.92 Å². The van der Waals surface area contributed by atoms with E-state index in [9.17, 15) is 0 Å². The third-order valence-corrected chi connectivity index (χ3v) is 3.82. The van der Waals surface area contributed by atoms with Gasteiger partial charge in [-0.15, -0.1) is 0 Å². The third kappa shape index (κ3) is 2.26. The molecule has 1 atom stereocenters. The number of benzene rings is 2. The van der Waals surface area contributed by atoms with Crippen LogP contribution in [0.5, 0.6) is 0 Å². The molecule has 0 aliphatic heterocycles. The van der Waals surface area contributed by atoms with Gasteiger partial charge in [-0.2, -0.15) is 0 Å². The first kappa shape index (κ1) is 10.6. The normalized spacial score (nSPS) is 18.7. The molecule has 86 valence electrons. The van der Waals surface area contributed by atoms with Crippen LogP contribution >= 0.6 is 0 Å². The molecule has 2 aromatic rings. The molecule has 0 amide bonds. The lowest BCUT2D eigenvalue weighted by molar-refractivity contribution is 0.550. The van der Waals surface area contributed by atoms with Gasteiger partial charge in [-0.05, 0) is 48.3 Å². The minimum atomic E-state index is 0.724. The van der Waals surface area contributed by atoms with Crippen LogP contribution in [0.15, 0.2) is 54.6 Å². The Balaban J connectivity index is 1.86. The molecule has 0 aromatic heterocycles. The van der Waals surface area contributed by atoms with Crippen molar-refractivity contribution in [1.29, 1.82) is 0 Å². The fourth-order valence-electron chi connectivity index (χ4n) is 2.97. The van der Waals surface area contributed by atoms with E-state index in [4.69, 9.17) is 0 Å². The second-order valence-corrected chi connectivity index (χ2v) is 4.98. The summed E-state index contributed by atoms with van der Waals surface area (Å²) in [6, 6.07) is 19.8. The zero-order valence-electron chi connectivity index (χ0n) is 10.1. The molecule has 0 nitrogen and oxygen atoms in total. The Labute approximate surface area is 103 Å². The van der Waals surface area contributed by atoms with E-state index in [2.05, 4.69) is 54.6 Å². The predicted molar refractivity (Wildman–Crippen MR) is 72.3 cm³/mol. The molecule has 0 saturated heterocycles. The Hall–Kier alpha value is -1.56. The Morgan fingerprint density at radius 1 is 0.882 bits per heavy atom. The van der Waals surface area contributed by atoms with Crippen LogP contribution in [0.1, 0.15) is 35.4 Å². The van der Waals surface area contributed by atoms with Crippen LogP contribution in [0.2, 0.25) is 0 Å². The summed E-state index contributed by atoms with van der Waals surface area (Å²) >= 11 is 0. The number of hydrogen-bond acceptors (Lipinski definition) is 0. The van der Waals surface area contributed by atoms with Gasteiger partial charge in [0.05, 0.1) is 0 Å². The molecule has 0 spiro atoms. The van der Waals surface area contributed by atoms with Crippen LogP contribution in [-0.2, 0) is 12.8 Å². The van der Waals surface area contributed by atoms with E-state index < -0.39 is 0 Å². The molecule has 0 fully saturated rings. The number of fused-ring (bicyclic) bond motifs is 1. The van der Waals surface area contributed by atoms with Gasteiger partial charge >= 0.3 is 0 Å². The van der Waals surface area contributed by atoms with E-state index in [-0.39, 0.29) is 0 Å². The fourth-order valence-corrected chi connectivity index (χ4v) is 2.97. The standard InChI is InChI=1S/C17H18/c1-2-7-14(8-3-1)13-16-11-6-10-15-9-4-5-12-17(15)16/h1-5,7-9,12,16H,6,10-11,13H2. The van der Waals surface area contributed by atoms with Gasteiger partial charge in [0.1, 0.15) is 0 Å². The second kappa shape index (κ2) is 4.75. The monoisotopic (exact) mass is 222 g/mol. The van der Waals surface area contributed by atoms with Crippen LogP contribution in [0.25, 0.3) is 0 Å². The molecule has 1 aliphatic rings. The number of rotatable bonds is 2. The topological polar surface area (TPSA) is 0 Å². The predicted octanol–water partition coefficient (Wildman–Crippen LogP) is 4.35. The first-order valence-electron chi connectivity index (χ1n) is 6.55. The summed E-state index contributed by atoms with van der Waals surface area (Å²) in [5.41, 5.74) is 4.62. The summed E-state index contributed by atoms with van der Waals surface area (Å²) in [4.78, 5) is 0. The van der Waals surface area contributed by atoms with E-state index >= 15 is 0 Å². The third-order valence-electron chi connectivity index (χ3n) is 3.82.